The predicted molar refractivity (Wildman–Crippen MR) is 84.6 cm³/mol. The number of rotatable bonds is 3. The van der Waals surface area contributed by atoms with Gasteiger partial charge in [-0.05, 0) is 37.1 Å². The molecule has 23 heavy (non-hydrogen) atoms. The van der Waals surface area contributed by atoms with Crippen LogP contribution in [0.25, 0.3) is 0 Å². The zero-order valence-corrected chi connectivity index (χ0v) is 12.8. The summed E-state index contributed by atoms with van der Waals surface area (Å²) in [6, 6.07) is 6.76. The Balaban J connectivity index is 1.81. The Hall–Kier alpha value is -2.76. The highest BCUT2D eigenvalue weighted by atomic mass is 16.2. The maximum Gasteiger partial charge on any atom is 0.253 e. The van der Waals surface area contributed by atoms with Gasteiger partial charge in [0, 0.05) is 30.7 Å². The van der Waals surface area contributed by atoms with E-state index in [0.29, 0.717) is 24.1 Å². The van der Waals surface area contributed by atoms with Crippen molar-refractivity contribution in [2.75, 3.05) is 0 Å². The lowest BCUT2D eigenvalue weighted by atomic mass is 9.92. The van der Waals surface area contributed by atoms with Crippen LogP contribution in [0.4, 0.5) is 0 Å². The second-order valence-electron chi connectivity index (χ2n) is 5.59. The molecule has 2 atom stereocenters. The van der Waals surface area contributed by atoms with Crippen molar-refractivity contribution in [1.29, 1.82) is 0 Å². The van der Waals surface area contributed by atoms with Crippen LogP contribution in [0.1, 0.15) is 40.5 Å². The first kappa shape index (κ1) is 15.1. The number of carbonyl (C=O) groups is 2. The third-order valence-electron chi connectivity index (χ3n) is 4.01. The highest BCUT2D eigenvalue weighted by Crippen LogP contribution is 2.24. The maximum atomic E-state index is 12.5. The summed E-state index contributed by atoms with van der Waals surface area (Å²) in [7, 11) is 0. The SMILES string of the molecule is Cc1ncccc1C(=O)N[C@H]1CCC(=O)N[C@H]1c1cccnc1. The third-order valence-corrected chi connectivity index (χ3v) is 4.01. The minimum absolute atomic E-state index is 0.0121. The lowest BCUT2D eigenvalue weighted by Crippen LogP contribution is -2.50. The van der Waals surface area contributed by atoms with Crippen LogP contribution in [0.15, 0.2) is 42.9 Å². The molecule has 2 aromatic heterocycles. The Morgan fingerprint density at radius 1 is 1.30 bits per heavy atom. The molecular formula is C17H18N4O2. The summed E-state index contributed by atoms with van der Waals surface area (Å²) >= 11 is 0. The molecule has 2 N–H and O–H groups in total. The molecule has 0 aliphatic carbocycles. The van der Waals surface area contributed by atoms with Gasteiger partial charge in [-0.15, -0.1) is 0 Å². The number of aromatic nitrogens is 2. The molecule has 6 heteroatoms. The average Bonchev–Trinajstić information content (AvgIpc) is 2.57. The van der Waals surface area contributed by atoms with Crippen molar-refractivity contribution >= 4 is 11.8 Å². The number of pyridine rings is 2. The first-order valence-electron chi connectivity index (χ1n) is 7.57. The van der Waals surface area contributed by atoms with Crippen molar-refractivity contribution < 1.29 is 9.59 Å². The molecule has 1 aliphatic heterocycles. The molecule has 6 nitrogen and oxygen atoms in total. The minimum atomic E-state index is -0.272. The molecule has 0 saturated carbocycles. The number of nitrogens with zero attached hydrogens (tertiary/aromatic N) is 2. The van der Waals surface area contributed by atoms with Gasteiger partial charge in [0.05, 0.1) is 17.6 Å². The van der Waals surface area contributed by atoms with E-state index in [0.717, 1.165) is 5.56 Å². The Labute approximate surface area is 134 Å². The fourth-order valence-corrected chi connectivity index (χ4v) is 2.80. The van der Waals surface area contributed by atoms with Gasteiger partial charge in [-0.25, -0.2) is 0 Å². The van der Waals surface area contributed by atoms with Crippen molar-refractivity contribution in [2.45, 2.75) is 31.8 Å². The summed E-state index contributed by atoms with van der Waals surface area (Å²) in [4.78, 5) is 32.5. The Morgan fingerprint density at radius 2 is 2.13 bits per heavy atom. The molecule has 2 aromatic rings. The summed E-state index contributed by atoms with van der Waals surface area (Å²) in [6.45, 7) is 1.80. The first-order chi connectivity index (χ1) is 11.1. The van der Waals surface area contributed by atoms with Crippen LogP contribution in [0, 0.1) is 6.92 Å². The number of nitrogens with one attached hydrogen (secondary N) is 2. The van der Waals surface area contributed by atoms with E-state index in [1.165, 1.54) is 0 Å². The molecule has 1 saturated heterocycles. The molecule has 0 unspecified atom stereocenters. The molecule has 2 amide bonds. The second-order valence-corrected chi connectivity index (χ2v) is 5.59. The van der Waals surface area contributed by atoms with Gasteiger partial charge >= 0.3 is 0 Å². The fourth-order valence-electron chi connectivity index (χ4n) is 2.80. The number of hydrogen-bond acceptors (Lipinski definition) is 4. The summed E-state index contributed by atoms with van der Waals surface area (Å²) in [6.07, 6.45) is 6.04. The molecule has 0 radical (unpaired) electrons. The average molecular weight is 310 g/mol. The summed E-state index contributed by atoms with van der Waals surface area (Å²) in [5, 5.41) is 5.97. The van der Waals surface area contributed by atoms with E-state index in [9.17, 15) is 9.59 Å². The van der Waals surface area contributed by atoms with Crippen LogP contribution < -0.4 is 10.6 Å². The van der Waals surface area contributed by atoms with E-state index in [2.05, 4.69) is 20.6 Å². The standard InChI is InChI=1S/C17H18N4O2/c1-11-13(5-3-9-19-11)17(23)20-14-6-7-15(22)21-16(14)12-4-2-8-18-10-12/h2-5,8-10,14,16H,6-7H2,1H3,(H,20,23)(H,21,22)/t14-,16-/m0/s1. The van der Waals surface area contributed by atoms with Gasteiger partial charge in [-0.2, -0.15) is 0 Å². The van der Waals surface area contributed by atoms with E-state index in [1.54, 1.807) is 37.6 Å². The van der Waals surface area contributed by atoms with Crippen LogP contribution in [-0.4, -0.2) is 27.8 Å². The molecular weight excluding hydrogens is 292 g/mol. The molecule has 1 aliphatic rings. The van der Waals surface area contributed by atoms with Gasteiger partial charge in [-0.3, -0.25) is 19.6 Å². The van der Waals surface area contributed by atoms with Gasteiger partial charge in [0.15, 0.2) is 0 Å². The summed E-state index contributed by atoms with van der Waals surface area (Å²) in [5.41, 5.74) is 2.12. The monoisotopic (exact) mass is 310 g/mol. The number of amides is 2. The lowest BCUT2D eigenvalue weighted by molar-refractivity contribution is -0.123. The number of piperidine rings is 1. The van der Waals surface area contributed by atoms with Gasteiger partial charge < -0.3 is 10.6 Å². The van der Waals surface area contributed by atoms with Gasteiger partial charge in [0.25, 0.3) is 5.91 Å². The van der Waals surface area contributed by atoms with Crippen molar-refractivity contribution in [3.63, 3.8) is 0 Å². The Kier molecular flexibility index (Phi) is 4.32. The van der Waals surface area contributed by atoms with Gasteiger partial charge in [0.1, 0.15) is 0 Å². The molecule has 0 spiro atoms. The van der Waals surface area contributed by atoms with Crippen LogP contribution in [0.3, 0.4) is 0 Å². The summed E-state index contributed by atoms with van der Waals surface area (Å²) in [5.74, 6) is -0.187. The molecule has 0 aromatic carbocycles. The molecule has 1 fully saturated rings. The highest BCUT2D eigenvalue weighted by Gasteiger charge is 2.31. The van der Waals surface area contributed by atoms with E-state index >= 15 is 0 Å². The van der Waals surface area contributed by atoms with Crippen LogP contribution in [0.5, 0.6) is 0 Å². The van der Waals surface area contributed by atoms with E-state index in [-0.39, 0.29) is 23.9 Å². The molecule has 3 rings (SSSR count). The minimum Gasteiger partial charge on any atom is -0.347 e. The third kappa shape index (κ3) is 3.36. The maximum absolute atomic E-state index is 12.5. The predicted octanol–water partition coefficient (Wildman–Crippen LogP) is 1.53. The topological polar surface area (TPSA) is 84.0 Å². The van der Waals surface area contributed by atoms with Gasteiger partial charge in [-0.1, -0.05) is 6.07 Å². The van der Waals surface area contributed by atoms with Gasteiger partial charge in [0.2, 0.25) is 5.91 Å². The normalized spacial score (nSPS) is 20.7. The zero-order valence-electron chi connectivity index (χ0n) is 12.8. The van der Waals surface area contributed by atoms with Crippen LogP contribution in [-0.2, 0) is 4.79 Å². The smallest absolute Gasteiger partial charge is 0.253 e. The van der Waals surface area contributed by atoms with E-state index in [1.807, 2.05) is 12.1 Å². The Morgan fingerprint density at radius 3 is 2.87 bits per heavy atom. The van der Waals surface area contributed by atoms with Crippen molar-refractivity contribution in [3.8, 4) is 0 Å². The first-order valence-corrected chi connectivity index (χ1v) is 7.57. The van der Waals surface area contributed by atoms with Crippen molar-refractivity contribution in [1.82, 2.24) is 20.6 Å². The Bertz CT molecular complexity index is 718. The van der Waals surface area contributed by atoms with Crippen LogP contribution >= 0.6 is 0 Å². The number of aryl methyl sites for hydroxylation is 1. The number of hydrogen-bond donors (Lipinski definition) is 2. The van der Waals surface area contributed by atoms with Crippen molar-refractivity contribution in [3.05, 3.63) is 59.7 Å². The molecule has 0 bridgehead atoms. The van der Waals surface area contributed by atoms with Crippen molar-refractivity contribution in [2.24, 2.45) is 0 Å². The lowest BCUT2D eigenvalue weighted by Gasteiger charge is -2.33. The molecule has 118 valence electrons. The highest BCUT2D eigenvalue weighted by molar-refractivity contribution is 5.95. The quantitative estimate of drug-likeness (QED) is 0.900. The second kappa shape index (κ2) is 6.56. The van der Waals surface area contributed by atoms with E-state index in [4.69, 9.17) is 0 Å². The zero-order chi connectivity index (χ0) is 16.2. The van der Waals surface area contributed by atoms with E-state index < -0.39 is 0 Å². The summed E-state index contributed by atoms with van der Waals surface area (Å²) < 4.78 is 0. The largest absolute Gasteiger partial charge is 0.347 e. The van der Waals surface area contributed by atoms with Crippen LogP contribution in [0.2, 0.25) is 0 Å². The molecule has 3 heterocycles. The fraction of sp³-hybridized carbons (Fsp3) is 0.294. The number of carbonyl (C=O) groups excluding carboxylic acids is 2.